The number of benzene rings is 1. The van der Waals surface area contributed by atoms with E-state index < -0.39 is 0 Å². The van der Waals surface area contributed by atoms with Crippen molar-refractivity contribution in [2.24, 2.45) is 0 Å². The first-order valence-corrected chi connectivity index (χ1v) is 4.89. The summed E-state index contributed by atoms with van der Waals surface area (Å²) >= 11 is 0. The number of anilines is 1. The monoisotopic (exact) mass is 195 g/mol. The highest BCUT2D eigenvalue weighted by Gasteiger charge is 2.17. The van der Waals surface area contributed by atoms with Crippen LogP contribution in [0.5, 0.6) is 5.75 Å². The summed E-state index contributed by atoms with van der Waals surface area (Å²) in [5.74, 6) is -0.0130. The average Bonchev–Trinajstić information content (AvgIpc) is 2.14. The molecule has 14 heavy (non-hydrogen) atoms. The average molecular weight is 195 g/mol. The van der Waals surface area contributed by atoms with Gasteiger partial charge in [0.2, 0.25) is 0 Å². The molecule has 1 saturated carbocycles. The summed E-state index contributed by atoms with van der Waals surface area (Å²) in [5, 5.41) is 3.33. The van der Waals surface area contributed by atoms with Gasteiger partial charge in [-0.25, -0.2) is 4.39 Å². The van der Waals surface area contributed by atoms with Crippen LogP contribution in [0.25, 0.3) is 0 Å². The van der Waals surface area contributed by atoms with Gasteiger partial charge >= 0.3 is 0 Å². The smallest absolute Gasteiger partial charge is 0.165 e. The van der Waals surface area contributed by atoms with E-state index in [1.165, 1.54) is 32.4 Å². The number of methoxy groups -OCH3 is 1. The van der Waals surface area contributed by atoms with Crippen LogP contribution in [0, 0.1) is 5.82 Å². The molecule has 2 rings (SSSR count). The van der Waals surface area contributed by atoms with Crippen LogP contribution in [0.3, 0.4) is 0 Å². The number of rotatable bonds is 3. The molecule has 0 heterocycles. The summed E-state index contributed by atoms with van der Waals surface area (Å²) in [7, 11) is 1.48. The van der Waals surface area contributed by atoms with E-state index >= 15 is 0 Å². The van der Waals surface area contributed by atoms with Crippen LogP contribution in [0.1, 0.15) is 19.3 Å². The van der Waals surface area contributed by atoms with Crippen molar-refractivity contribution in [3.63, 3.8) is 0 Å². The van der Waals surface area contributed by atoms with E-state index in [1.54, 1.807) is 12.1 Å². The zero-order valence-electron chi connectivity index (χ0n) is 8.22. The van der Waals surface area contributed by atoms with E-state index in [-0.39, 0.29) is 5.82 Å². The first-order valence-electron chi connectivity index (χ1n) is 4.89. The van der Waals surface area contributed by atoms with Gasteiger partial charge in [-0.2, -0.15) is 0 Å². The molecule has 0 radical (unpaired) electrons. The molecule has 1 aliphatic carbocycles. The SMILES string of the molecule is COc1cc(NC2CCC2)ccc1F. The summed E-state index contributed by atoms with van der Waals surface area (Å²) < 4.78 is 18.0. The minimum atomic E-state index is -0.313. The van der Waals surface area contributed by atoms with Crippen molar-refractivity contribution >= 4 is 5.69 Å². The van der Waals surface area contributed by atoms with Crippen molar-refractivity contribution in [1.29, 1.82) is 0 Å². The fraction of sp³-hybridized carbons (Fsp3) is 0.455. The van der Waals surface area contributed by atoms with Gasteiger partial charge in [0.05, 0.1) is 7.11 Å². The van der Waals surface area contributed by atoms with Crippen molar-refractivity contribution in [1.82, 2.24) is 0 Å². The van der Waals surface area contributed by atoms with Gasteiger partial charge in [0.15, 0.2) is 11.6 Å². The third-order valence-electron chi connectivity index (χ3n) is 2.63. The topological polar surface area (TPSA) is 21.3 Å². The van der Waals surface area contributed by atoms with Crippen LogP contribution in [-0.2, 0) is 0 Å². The van der Waals surface area contributed by atoms with E-state index in [0.29, 0.717) is 11.8 Å². The van der Waals surface area contributed by atoms with E-state index in [1.807, 2.05) is 0 Å². The molecule has 0 aromatic heterocycles. The highest BCUT2D eigenvalue weighted by atomic mass is 19.1. The van der Waals surface area contributed by atoms with Gasteiger partial charge in [0.25, 0.3) is 0 Å². The second-order valence-electron chi connectivity index (χ2n) is 3.62. The Morgan fingerprint density at radius 3 is 2.79 bits per heavy atom. The minimum Gasteiger partial charge on any atom is -0.494 e. The van der Waals surface area contributed by atoms with Crippen molar-refractivity contribution in [3.05, 3.63) is 24.0 Å². The molecule has 0 atom stereocenters. The Morgan fingerprint density at radius 1 is 1.43 bits per heavy atom. The second-order valence-corrected chi connectivity index (χ2v) is 3.62. The Hall–Kier alpha value is -1.25. The van der Waals surface area contributed by atoms with E-state index in [2.05, 4.69) is 5.32 Å². The first-order chi connectivity index (χ1) is 6.79. The van der Waals surface area contributed by atoms with Crippen LogP contribution >= 0.6 is 0 Å². The molecule has 2 nitrogen and oxygen atoms in total. The van der Waals surface area contributed by atoms with Gasteiger partial charge in [-0.1, -0.05) is 0 Å². The van der Waals surface area contributed by atoms with Crippen LogP contribution in [0.2, 0.25) is 0 Å². The molecule has 0 saturated heterocycles. The molecule has 0 spiro atoms. The normalized spacial score (nSPS) is 16.1. The summed E-state index contributed by atoms with van der Waals surface area (Å²) in [5.41, 5.74) is 0.938. The van der Waals surface area contributed by atoms with E-state index in [9.17, 15) is 4.39 Å². The Bertz CT molecular complexity index is 323. The molecule has 76 valence electrons. The molecule has 1 aromatic carbocycles. The molecule has 0 bridgehead atoms. The molecule has 1 aliphatic rings. The first kappa shape index (κ1) is 9.31. The molecule has 1 N–H and O–H groups in total. The summed E-state index contributed by atoms with van der Waals surface area (Å²) in [6.45, 7) is 0. The van der Waals surface area contributed by atoms with Gasteiger partial charge in [0, 0.05) is 17.8 Å². The zero-order valence-corrected chi connectivity index (χ0v) is 8.22. The standard InChI is InChI=1S/C11H14FNO/c1-14-11-7-9(5-6-10(11)12)13-8-3-2-4-8/h5-8,13H,2-4H2,1H3. The van der Waals surface area contributed by atoms with Crippen molar-refractivity contribution < 1.29 is 9.13 Å². The van der Waals surface area contributed by atoms with Gasteiger partial charge in [-0.3, -0.25) is 0 Å². The lowest BCUT2D eigenvalue weighted by molar-refractivity contribution is 0.386. The Morgan fingerprint density at radius 2 is 2.21 bits per heavy atom. The lowest BCUT2D eigenvalue weighted by atomic mass is 9.93. The lowest BCUT2D eigenvalue weighted by Gasteiger charge is -2.27. The molecule has 3 heteroatoms. The molecular formula is C11H14FNO. The highest BCUT2D eigenvalue weighted by Crippen LogP contribution is 2.26. The van der Waals surface area contributed by atoms with Gasteiger partial charge in [-0.05, 0) is 31.4 Å². The number of ether oxygens (including phenoxy) is 1. The summed E-state index contributed by atoms with van der Waals surface area (Å²) in [6, 6.07) is 5.44. The lowest BCUT2D eigenvalue weighted by Crippen LogP contribution is -2.26. The number of hydrogen-bond donors (Lipinski definition) is 1. The Labute approximate surface area is 83.1 Å². The second kappa shape index (κ2) is 3.86. The minimum absolute atomic E-state index is 0.300. The maximum absolute atomic E-state index is 13.1. The fourth-order valence-corrected chi connectivity index (χ4v) is 1.54. The Balaban J connectivity index is 2.09. The Kier molecular flexibility index (Phi) is 2.57. The van der Waals surface area contributed by atoms with Crippen molar-refractivity contribution in [2.75, 3.05) is 12.4 Å². The molecular weight excluding hydrogens is 181 g/mol. The molecule has 1 fully saturated rings. The fourth-order valence-electron chi connectivity index (χ4n) is 1.54. The third kappa shape index (κ3) is 1.81. The molecule has 1 aromatic rings. The number of halogens is 1. The predicted molar refractivity (Wildman–Crippen MR) is 54.2 cm³/mol. The number of nitrogens with one attached hydrogen (secondary N) is 1. The molecule has 0 unspecified atom stereocenters. The largest absolute Gasteiger partial charge is 0.494 e. The quantitative estimate of drug-likeness (QED) is 0.800. The summed E-state index contributed by atoms with van der Waals surface area (Å²) in [4.78, 5) is 0. The highest BCUT2D eigenvalue weighted by molar-refractivity contribution is 5.49. The third-order valence-corrected chi connectivity index (χ3v) is 2.63. The zero-order chi connectivity index (χ0) is 9.97. The van der Waals surface area contributed by atoms with Gasteiger partial charge in [0.1, 0.15) is 0 Å². The van der Waals surface area contributed by atoms with Gasteiger partial charge < -0.3 is 10.1 Å². The van der Waals surface area contributed by atoms with Gasteiger partial charge in [-0.15, -0.1) is 0 Å². The predicted octanol–water partition coefficient (Wildman–Crippen LogP) is 2.80. The van der Waals surface area contributed by atoms with Crippen LogP contribution in [-0.4, -0.2) is 13.2 Å². The summed E-state index contributed by atoms with van der Waals surface area (Å²) in [6.07, 6.45) is 3.70. The van der Waals surface area contributed by atoms with E-state index in [0.717, 1.165) is 5.69 Å². The van der Waals surface area contributed by atoms with E-state index in [4.69, 9.17) is 4.74 Å². The molecule has 0 aliphatic heterocycles. The molecule has 0 amide bonds. The van der Waals surface area contributed by atoms with Crippen LogP contribution in [0.15, 0.2) is 18.2 Å². The number of hydrogen-bond acceptors (Lipinski definition) is 2. The van der Waals surface area contributed by atoms with Crippen molar-refractivity contribution in [2.45, 2.75) is 25.3 Å². The maximum atomic E-state index is 13.1. The van der Waals surface area contributed by atoms with Crippen LogP contribution in [0.4, 0.5) is 10.1 Å². The van der Waals surface area contributed by atoms with Crippen molar-refractivity contribution in [3.8, 4) is 5.75 Å². The maximum Gasteiger partial charge on any atom is 0.165 e. The van der Waals surface area contributed by atoms with Crippen LogP contribution < -0.4 is 10.1 Å².